The number of thioether (sulfide) groups is 1. The van der Waals surface area contributed by atoms with Gasteiger partial charge in [0.25, 0.3) is 0 Å². The fourth-order valence-corrected chi connectivity index (χ4v) is 6.08. The number of rotatable bonds is 17. The molecule has 2 unspecified atom stereocenters. The summed E-state index contributed by atoms with van der Waals surface area (Å²) in [7, 11) is -4.02. The van der Waals surface area contributed by atoms with Gasteiger partial charge in [0.2, 0.25) is 11.8 Å². The van der Waals surface area contributed by atoms with Gasteiger partial charge in [0.1, 0.15) is 0 Å². The summed E-state index contributed by atoms with van der Waals surface area (Å²) in [6, 6.07) is 0.382. The van der Waals surface area contributed by atoms with Crippen molar-refractivity contribution in [1.82, 2.24) is 21.3 Å². The molecule has 190 valence electrons. The van der Waals surface area contributed by atoms with Crippen LogP contribution in [0.15, 0.2) is 0 Å². The van der Waals surface area contributed by atoms with E-state index >= 15 is 0 Å². The van der Waals surface area contributed by atoms with E-state index in [1.165, 1.54) is 0 Å². The molecule has 2 saturated heterocycles. The number of phosphoric ester groups is 1. The molecule has 0 aliphatic carbocycles. The highest BCUT2D eigenvalue weighted by molar-refractivity contribution is 8.00. The van der Waals surface area contributed by atoms with Crippen molar-refractivity contribution in [2.24, 2.45) is 0 Å². The quantitative estimate of drug-likeness (QED) is 0.113. The number of hydrogen-bond acceptors (Lipinski definition) is 7. The molecular formula is C20H37N4O7PS. The lowest BCUT2D eigenvalue weighted by atomic mass is 10.0. The molecule has 0 aromatic carbocycles. The lowest BCUT2D eigenvalue weighted by molar-refractivity contribution is -0.122. The van der Waals surface area contributed by atoms with Gasteiger partial charge in [-0.05, 0) is 32.6 Å². The Morgan fingerprint density at radius 2 is 1.76 bits per heavy atom. The van der Waals surface area contributed by atoms with Gasteiger partial charge >= 0.3 is 13.9 Å². The first-order chi connectivity index (χ1) is 15.8. The number of fused-ring (bicyclic) bond motifs is 1. The normalized spacial score (nSPS) is 23.3. The molecule has 2 aliphatic rings. The zero-order valence-corrected chi connectivity index (χ0v) is 20.9. The van der Waals surface area contributed by atoms with E-state index in [-0.39, 0.29) is 49.7 Å². The summed E-state index contributed by atoms with van der Waals surface area (Å²) in [6.45, 7) is 2.29. The molecule has 33 heavy (non-hydrogen) atoms. The van der Waals surface area contributed by atoms with Gasteiger partial charge in [-0.25, -0.2) is 9.36 Å². The predicted molar refractivity (Wildman–Crippen MR) is 126 cm³/mol. The predicted octanol–water partition coefficient (Wildman–Crippen LogP) is 1.66. The second-order valence-electron chi connectivity index (χ2n) is 8.10. The summed E-state index contributed by atoms with van der Waals surface area (Å²) >= 11 is 1.89. The van der Waals surface area contributed by atoms with E-state index in [9.17, 15) is 23.8 Å². The number of amides is 4. The molecule has 13 heteroatoms. The van der Waals surface area contributed by atoms with Crippen molar-refractivity contribution >= 4 is 37.4 Å². The third kappa shape index (κ3) is 11.1. The Kier molecular flexibility index (Phi) is 12.5. The highest BCUT2D eigenvalue weighted by Crippen LogP contribution is 2.42. The Morgan fingerprint density at radius 3 is 2.48 bits per heavy atom. The van der Waals surface area contributed by atoms with Gasteiger partial charge in [-0.15, -0.1) is 0 Å². The number of nitrogens with one attached hydrogen (secondary N) is 4. The minimum absolute atomic E-state index is 0.0498. The molecule has 0 spiro atoms. The summed E-state index contributed by atoms with van der Waals surface area (Å²) < 4.78 is 20.6. The molecule has 4 amide bonds. The Hall–Kier alpha value is -1.33. The molecule has 11 nitrogen and oxygen atoms in total. The smallest absolute Gasteiger partial charge is 0.356 e. The van der Waals surface area contributed by atoms with Crippen molar-refractivity contribution in [1.29, 1.82) is 0 Å². The van der Waals surface area contributed by atoms with Crippen molar-refractivity contribution in [2.75, 3.05) is 32.1 Å². The van der Waals surface area contributed by atoms with E-state index in [1.54, 1.807) is 6.92 Å². The standard InChI is InChI=1S/C20H37N4O7PS/c1-2-30-32(28,29)31-13-12-22-18(26)9-4-3-7-11-21-17(25)10-6-5-8-16-19-15(14-33-16)23-20(27)24-19/h15-16,19H,2-14H2,1H3,(H,21,25)(H,22,26)(H,28,29)(H2,23,24,27)/t15-,16?,19-/m0/s1. The minimum Gasteiger partial charge on any atom is -0.356 e. The number of hydrogen-bond donors (Lipinski definition) is 5. The number of unbranched alkanes of at least 4 members (excludes halogenated alkanes) is 3. The van der Waals surface area contributed by atoms with Gasteiger partial charge in [-0.1, -0.05) is 12.8 Å². The van der Waals surface area contributed by atoms with Crippen LogP contribution >= 0.6 is 19.6 Å². The van der Waals surface area contributed by atoms with Crippen molar-refractivity contribution in [2.45, 2.75) is 75.6 Å². The van der Waals surface area contributed by atoms with Crippen molar-refractivity contribution in [3.63, 3.8) is 0 Å². The van der Waals surface area contributed by atoms with Crippen LogP contribution in [0.4, 0.5) is 4.79 Å². The molecule has 0 radical (unpaired) electrons. The number of carbonyl (C=O) groups excluding carboxylic acids is 3. The van der Waals surface area contributed by atoms with Gasteiger partial charge in [-0.2, -0.15) is 11.8 Å². The topological polar surface area (TPSA) is 155 Å². The molecule has 0 aromatic heterocycles. The lowest BCUT2D eigenvalue weighted by Gasteiger charge is -2.16. The van der Waals surface area contributed by atoms with E-state index in [0.29, 0.717) is 31.1 Å². The Bertz CT molecular complexity index is 699. The maximum Gasteiger partial charge on any atom is 0.472 e. The van der Waals surface area contributed by atoms with Gasteiger partial charge in [-0.3, -0.25) is 18.6 Å². The number of carbonyl (C=O) groups is 3. The zero-order valence-electron chi connectivity index (χ0n) is 19.2. The Morgan fingerprint density at radius 1 is 1.06 bits per heavy atom. The molecule has 2 heterocycles. The first kappa shape index (κ1) is 27.9. The molecule has 0 saturated carbocycles. The van der Waals surface area contributed by atoms with Crippen molar-refractivity contribution in [3.05, 3.63) is 0 Å². The van der Waals surface area contributed by atoms with Gasteiger partial charge in [0, 0.05) is 36.9 Å². The monoisotopic (exact) mass is 508 g/mol. The van der Waals surface area contributed by atoms with Crippen LogP contribution in [0.25, 0.3) is 0 Å². The average molecular weight is 509 g/mol. The molecular weight excluding hydrogens is 471 g/mol. The van der Waals surface area contributed by atoms with E-state index in [0.717, 1.165) is 37.9 Å². The van der Waals surface area contributed by atoms with E-state index < -0.39 is 7.82 Å². The van der Waals surface area contributed by atoms with E-state index in [1.807, 2.05) is 11.8 Å². The van der Waals surface area contributed by atoms with Crippen LogP contribution in [0.1, 0.15) is 58.3 Å². The second-order valence-corrected chi connectivity index (χ2v) is 10.8. The SMILES string of the molecule is CCOP(=O)(O)OCCNC(=O)CCCCCNC(=O)CCCCC1SC[C@@H]2NC(=O)N[C@H]12. The Balaban J connectivity index is 1.38. The van der Waals surface area contributed by atoms with Crippen molar-refractivity contribution in [3.8, 4) is 0 Å². The van der Waals surface area contributed by atoms with Crippen LogP contribution in [0.5, 0.6) is 0 Å². The molecule has 2 fully saturated rings. The van der Waals surface area contributed by atoms with Crippen LogP contribution in [-0.4, -0.2) is 72.1 Å². The zero-order chi connectivity index (χ0) is 24.1. The summed E-state index contributed by atoms with van der Waals surface area (Å²) in [5.74, 6) is 0.853. The molecule has 0 bridgehead atoms. The first-order valence-corrected chi connectivity index (χ1v) is 14.2. The maximum atomic E-state index is 12.0. The fraction of sp³-hybridized carbons (Fsp3) is 0.850. The summed E-state index contributed by atoms with van der Waals surface area (Å²) in [6.07, 6.45) is 5.99. The molecule has 4 atom stereocenters. The van der Waals surface area contributed by atoms with Crippen LogP contribution < -0.4 is 21.3 Å². The maximum absolute atomic E-state index is 12.0. The minimum atomic E-state index is -4.02. The number of phosphoric acid groups is 1. The Labute approximate surface area is 199 Å². The van der Waals surface area contributed by atoms with Crippen LogP contribution in [0, 0.1) is 0 Å². The van der Waals surface area contributed by atoms with Gasteiger partial charge in [0.15, 0.2) is 0 Å². The third-order valence-electron chi connectivity index (χ3n) is 5.45. The summed E-state index contributed by atoms with van der Waals surface area (Å²) in [5, 5.41) is 11.9. The third-order valence-corrected chi connectivity index (χ3v) is 8.06. The van der Waals surface area contributed by atoms with Crippen LogP contribution in [-0.2, 0) is 23.2 Å². The molecule has 5 N–H and O–H groups in total. The molecule has 2 rings (SSSR count). The fourth-order valence-electron chi connectivity index (χ4n) is 3.82. The second kappa shape index (κ2) is 14.8. The van der Waals surface area contributed by atoms with E-state index in [4.69, 9.17) is 4.52 Å². The average Bonchev–Trinajstić information content (AvgIpc) is 3.30. The first-order valence-electron chi connectivity index (χ1n) is 11.6. The highest BCUT2D eigenvalue weighted by Gasteiger charge is 2.42. The van der Waals surface area contributed by atoms with Crippen LogP contribution in [0.2, 0.25) is 0 Å². The van der Waals surface area contributed by atoms with Crippen LogP contribution in [0.3, 0.4) is 0 Å². The van der Waals surface area contributed by atoms with Crippen molar-refractivity contribution < 1.29 is 32.9 Å². The molecule has 0 aromatic rings. The van der Waals surface area contributed by atoms with Gasteiger partial charge < -0.3 is 26.2 Å². The summed E-state index contributed by atoms with van der Waals surface area (Å²) in [4.78, 5) is 44.3. The number of urea groups is 1. The summed E-state index contributed by atoms with van der Waals surface area (Å²) in [5.41, 5.74) is 0. The molecule has 2 aliphatic heterocycles. The largest absolute Gasteiger partial charge is 0.472 e. The highest BCUT2D eigenvalue weighted by atomic mass is 32.2. The lowest BCUT2D eigenvalue weighted by Crippen LogP contribution is -2.36. The van der Waals surface area contributed by atoms with Gasteiger partial charge in [0.05, 0.1) is 25.3 Å². The van der Waals surface area contributed by atoms with E-state index in [2.05, 4.69) is 25.8 Å².